The van der Waals surface area contributed by atoms with Crippen LogP contribution in [0, 0.1) is 0 Å². The molecule has 0 unspecified atom stereocenters. The molecule has 0 atom stereocenters. The second-order valence-corrected chi connectivity index (χ2v) is 3.88. The van der Waals surface area contributed by atoms with Gasteiger partial charge in [-0.25, -0.2) is 0 Å². The number of aliphatic hydroxyl groups excluding tert-OH is 1. The van der Waals surface area contributed by atoms with Gasteiger partial charge in [-0.2, -0.15) is 0 Å². The number of ether oxygens (including phenoxy) is 2. The number of rotatable bonds is 3. The van der Waals surface area contributed by atoms with Crippen molar-refractivity contribution in [3.8, 4) is 5.75 Å². The smallest absolute Gasteiger partial charge is 0.233 e. The molecule has 0 radical (unpaired) electrons. The van der Waals surface area contributed by atoms with Crippen molar-refractivity contribution >= 4 is 17.3 Å². The molecule has 1 aliphatic rings. The monoisotopic (exact) mass is 248 g/mol. The Labute approximate surface area is 104 Å². The van der Waals surface area contributed by atoms with Crippen molar-refractivity contribution in [2.45, 2.75) is 6.61 Å². The van der Waals surface area contributed by atoms with Crippen LogP contribution in [-0.4, -0.2) is 30.9 Å². The molecule has 0 heterocycles. The van der Waals surface area contributed by atoms with Crippen LogP contribution in [0.5, 0.6) is 5.75 Å². The number of aliphatic hydroxyl groups is 1. The summed E-state index contributed by atoms with van der Waals surface area (Å²) in [5.74, 6) is -1.31. The topological polar surface area (TPSA) is 72.8 Å². The highest BCUT2D eigenvalue weighted by atomic mass is 16.5. The first-order chi connectivity index (χ1) is 8.58. The van der Waals surface area contributed by atoms with Gasteiger partial charge in [0.2, 0.25) is 11.6 Å². The van der Waals surface area contributed by atoms with Gasteiger partial charge in [-0.1, -0.05) is 0 Å². The summed E-state index contributed by atoms with van der Waals surface area (Å²) in [7, 11) is 2.96. The first-order valence-corrected chi connectivity index (χ1v) is 5.28. The van der Waals surface area contributed by atoms with E-state index >= 15 is 0 Å². The van der Waals surface area contributed by atoms with Crippen LogP contribution in [0.15, 0.2) is 18.2 Å². The molecule has 0 aliphatic heterocycles. The molecule has 0 bridgehead atoms. The lowest BCUT2D eigenvalue weighted by Crippen LogP contribution is -2.19. The second-order valence-electron chi connectivity index (χ2n) is 3.88. The molecular weight excluding hydrogens is 236 g/mol. The molecule has 0 fully saturated rings. The largest absolute Gasteiger partial charge is 0.507 e. The SMILES string of the molecule is COCc1cc(OC)c2c(c1)C(=O)C(=O)C=C2O. The first-order valence-electron chi connectivity index (χ1n) is 5.28. The van der Waals surface area contributed by atoms with Crippen LogP contribution < -0.4 is 4.74 Å². The lowest BCUT2D eigenvalue weighted by molar-refractivity contribution is -0.111. The molecule has 0 spiro atoms. The maximum absolute atomic E-state index is 11.8. The third-order valence-electron chi connectivity index (χ3n) is 2.69. The molecule has 0 saturated carbocycles. The van der Waals surface area contributed by atoms with Gasteiger partial charge in [0.25, 0.3) is 0 Å². The van der Waals surface area contributed by atoms with E-state index in [1.165, 1.54) is 20.3 Å². The average Bonchev–Trinajstić information content (AvgIpc) is 2.35. The number of hydrogen-bond acceptors (Lipinski definition) is 5. The number of hydrogen-bond donors (Lipinski definition) is 1. The molecule has 1 aromatic carbocycles. The fourth-order valence-corrected chi connectivity index (χ4v) is 1.92. The standard InChI is InChI=1S/C13H12O5/c1-17-6-7-3-8-12(11(4-7)18-2)9(14)5-10(15)13(8)16/h3-5,14H,6H2,1-2H3. The Hall–Kier alpha value is -2.14. The van der Waals surface area contributed by atoms with E-state index in [0.717, 1.165) is 6.08 Å². The highest BCUT2D eigenvalue weighted by Gasteiger charge is 2.29. The van der Waals surface area contributed by atoms with Crippen LogP contribution >= 0.6 is 0 Å². The van der Waals surface area contributed by atoms with E-state index in [0.29, 0.717) is 11.3 Å². The Balaban J connectivity index is 2.67. The molecule has 1 aliphatic carbocycles. The molecule has 94 valence electrons. The minimum Gasteiger partial charge on any atom is -0.507 e. The third kappa shape index (κ3) is 1.89. The average molecular weight is 248 g/mol. The summed E-state index contributed by atoms with van der Waals surface area (Å²) in [4.78, 5) is 23.2. The number of Topliss-reactive ketones (excluding diaryl/α,β-unsaturated/α-hetero) is 1. The van der Waals surface area contributed by atoms with Crippen molar-refractivity contribution in [2.75, 3.05) is 14.2 Å². The number of methoxy groups -OCH3 is 2. The van der Waals surface area contributed by atoms with Gasteiger partial charge in [0.15, 0.2) is 0 Å². The van der Waals surface area contributed by atoms with Gasteiger partial charge in [-0.3, -0.25) is 9.59 Å². The van der Waals surface area contributed by atoms with Crippen molar-refractivity contribution in [1.82, 2.24) is 0 Å². The molecule has 5 nitrogen and oxygen atoms in total. The highest BCUT2D eigenvalue weighted by Crippen LogP contribution is 2.33. The van der Waals surface area contributed by atoms with Crippen LogP contribution in [0.3, 0.4) is 0 Å². The molecule has 1 aromatic rings. The van der Waals surface area contributed by atoms with E-state index in [1.54, 1.807) is 6.07 Å². The van der Waals surface area contributed by atoms with Gasteiger partial charge in [0.05, 0.1) is 19.3 Å². The number of benzene rings is 1. The third-order valence-corrected chi connectivity index (χ3v) is 2.69. The van der Waals surface area contributed by atoms with Crippen molar-refractivity contribution < 1.29 is 24.2 Å². The van der Waals surface area contributed by atoms with Gasteiger partial charge in [-0.15, -0.1) is 0 Å². The van der Waals surface area contributed by atoms with Gasteiger partial charge in [-0.05, 0) is 17.7 Å². The number of carbonyl (C=O) groups is 2. The summed E-state index contributed by atoms with van der Waals surface area (Å²) >= 11 is 0. The van der Waals surface area contributed by atoms with Gasteiger partial charge >= 0.3 is 0 Å². The summed E-state index contributed by atoms with van der Waals surface area (Å²) in [6.45, 7) is 0.287. The fourth-order valence-electron chi connectivity index (χ4n) is 1.92. The van der Waals surface area contributed by atoms with Crippen LogP contribution in [-0.2, 0) is 16.1 Å². The molecule has 1 N–H and O–H groups in total. The zero-order valence-corrected chi connectivity index (χ0v) is 10.0. The predicted octanol–water partition coefficient (Wildman–Crippen LogP) is 1.51. The minimum absolute atomic E-state index is 0.145. The van der Waals surface area contributed by atoms with Crippen LogP contribution in [0.1, 0.15) is 21.5 Å². The highest BCUT2D eigenvalue weighted by molar-refractivity contribution is 6.50. The molecule has 2 rings (SSSR count). The van der Waals surface area contributed by atoms with E-state index in [-0.39, 0.29) is 23.5 Å². The maximum atomic E-state index is 11.8. The Bertz CT molecular complexity index is 557. The summed E-state index contributed by atoms with van der Waals surface area (Å²) < 4.78 is 10.1. The minimum atomic E-state index is -0.739. The Kier molecular flexibility index (Phi) is 3.16. The Morgan fingerprint density at radius 1 is 1.22 bits per heavy atom. The lowest BCUT2D eigenvalue weighted by Gasteiger charge is -2.17. The van der Waals surface area contributed by atoms with Gasteiger partial charge < -0.3 is 14.6 Å². The summed E-state index contributed by atoms with van der Waals surface area (Å²) in [6, 6.07) is 3.19. The summed E-state index contributed by atoms with van der Waals surface area (Å²) in [6.07, 6.45) is 0.906. The van der Waals surface area contributed by atoms with Crippen LogP contribution in [0.2, 0.25) is 0 Å². The van der Waals surface area contributed by atoms with Crippen molar-refractivity contribution in [3.05, 3.63) is 34.9 Å². The number of ketones is 2. The van der Waals surface area contributed by atoms with E-state index < -0.39 is 11.6 Å². The number of fused-ring (bicyclic) bond motifs is 1. The van der Waals surface area contributed by atoms with E-state index in [2.05, 4.69) is 0 Å². The lowest BCUT2D eigenvalue weighted by atomic mass is 9.91. The molecular formula is C13H12O5. The number of allylic oxidation sites excluding steroid dienone is 1. The summed E-state index contributed by atoms with van der Waals surface area (Å²) in [5.41, 5.74) is 1.09. The van der Waals surface area contributed by atoms with Crippen LogP contribution in [0.4, 0.5) is 0 Å². The fraction of sp³-hybridized carbons (Fsp3) is 0.231. The van der Waals surface area contributed by atoms with Gasteiger partial charge in [0.1, 0.15) is 11.5 Å². The zero-order chi connectivity index (χ0) is 13.3. The van der Waals surface area contributed by atoms with E-state index in [9.17, 15) is 14.7 Å². The summed E-state index contributed by atoms with van der Waals surface area (Å²) in [5, 5.41) is 9.76. The molecule has 0 amide bonds. The Morgan fingerprint density at radius 3 is 2.56 bits per heavy atom. The maximum Gasteiger partial charge on any atom is 0.233 e. The van der Waals surface area contributed by atoms with E-state index in [4.69, 9.17) is 9.47 Å². The Morgan fingerprint density at radius 2 is 1.94 bits per heavy atom. The number of carbonyl (C=O) groups excluding carboxylic acids is 2. The van der Waals surface area contributed by atoms with Gasteiger partial charge in [0, 0.05) is 18.7 Å². The second kappa shape index (κ2) is 4.62. The van der Waals surface area contributed by atoms with Crippen molar-refractivity contribution in [3.63, 3.8) is 0 Å². The van der Waals surface area contributed by atoms with E-state index in [1.807, 2.05) is 0 Å². The zero-order valence-electron chi connectivity index (χ0n) is 10.0. The first kappa shape index (κ1) is 12.3. The van der Waals surface area contributed by atoms with Crippen molar-refractivity contribution in [1.29, 1.82) is 0 Å². The molecule has 18 heavy (non-hydrogen) atoms. The normalized spacial score (nSPS) is 14.2. The van der Waals surface area contributed by atoms with Crippen LogP contribution in [0.25, 0.3) is 5.76 Å². The quantitative estimate of drug-likeness (QED) is 0.821. The molecule has 5 heteroatoms. The molecule has 0 aromatic heterocycles. The van der Waals surface area contributed by atoms with Crippen molar-refractivity contribution in [2.24, 2.45) is 0 Å². The predicted molar refractivity (Wildman–Crippen MR) is 63.7 cm³/mol. The molecule has 0 saturated heterocycles.